The molecule has 6 nitrogen and oxygen atoms in total. The molecule has 0 saturated carbocycles. The standard InChI is InChI=1S/C22H24ClN5O.ClH/c1-15-4-3-5-21(16(15)2)28-10-8-27(9-11-28)14-17(13-24)22(29)26-20-7-6-18(25)12-19(20)23;/h3-7,12,14H,8-11,25H2,1-2H3,(H,26,29);1H/b17-14-;. The molecule has 3 N–H and O–H groups in total. The van der Waals surface area contributed by atoms with E-state index in [1.165, 1.54) is 16.8 Å². The molecule has 158 valence electrons. The normalized spacial score (nSPS) is 14.0. The maximum atomic E-state index is 12.5. The highest BCUT2D eigenvalue weighted by molar-refractivity contribution is 6.34. The van der Waals surface area contributed by atoms with Gasteiger partial charge in [0.15, 0.2) is 0 Å². The molecule has 1 heterocycles. The smallest absolute Gasteiger partial charge is 0.267 e. The second-order valence-corrected chi connectivity index (χ2v) is 7.50. The highest BCUT2D eigenvalue weighted by Gasteiger charge is 2.19. The number of anilines is 3. The number of amides is 1. The van der Waals surface area contributed by atoms with Crippen molar-refractivity contribution in [3.8, 4) is 6.07 Å². The van der Waals surface area contributed by atoms with Crippen LogP contribution < -0.4 is 16.0 Å². The van der Waals surface area contributed by atoms with E-state index in [-0.39, 0.29) is 18.0 Å². The lowest BCUT2D eigenvalue weighted by atomic mass is 10.1. The van der Waals surface area contributed by atoms with Crippen LogP contribution in [0.4, 0.5) is 17.1 Å². The molecular weight excluding hydrogens is 421 g/mol. The number of rotatable bonds is 4. The van der Waals surface area contributed by atoms with Crippen molar-refractivity contribution in [2.24, 2.45) is 0 Å². The fraction of sp³-hybridized carbons (Fsp3) is 0.273. The molecule has 0 spiro atoms. The van der Waals surface area contributed by atoms with Gasteiger partial charge in [-0.15, -0.1) is 12.4 Å². The van der Waals surface area contributed by atoms with Crippen LogP contribution in [0, 0.1) is 25.2 Å². The van der Waals surface area contributed by atoms with Crippen molar-refractivity contribution in [2.45, 2.75) is 13.8 Å². The summed E-state index contributed by atoms with van der Waals surface area (Å²) in [5.41, 5.74) is 10.4. The number of nitrogens with two attached hydrogens (primary N) is 1. The van der Waals surface area contributed by atoms with Gasteiger partial charge in [-0.3, -0.25) is 4.79 Å². The minimum Gasteiger partial charge on any atom is -0.399 e. The van der Waals surface area contributed by atoms with Gasteiger partial charge < -0.3 is 20.9 Å². The van der Waals surface area contributed by atoms with Crippen LogP contribution in [0.5, 0.6) is 0 Å². The number of carbonyl (C=O) groups is 1. The van der Waals surface area contributed by atoms with Crippen LogP contribution in [0.1, 0.15) is 11.1 Å². The SMILES string of the molecule is Cc1cccc(N2CCN(/C=C(/C#N)C(=O)Nc3ccc(N)cc3Cl)CC2)c1C.Cl. The number of nitrogen functional groups attached to an aromatic ring is 1. The Bertz CT molecular complexity index is 992. The van der Waals surface area contributed by atoms with E-state index < -0.39 is 5.91 Å². The summed E-state index contributed by atoms with van der Waals surface area (Å²) >= 11 is 6.10. The van der Waals surface area contributed by atoms with Crippen LogP contribution in [0.15, 0.2) is 48.2 Å². The molecule has 0 bridgehead atoms. The number of halogens is 2. The molecule has 3 rings (SSSR count). The monoisotopic (exact) mass is 445 g/mol. The Morgan fingerprint density at radius 1 is 1.20 bits per heavy atom. The minimum atomic E-state index is -0.490. The maximum absolute atomic E-state index is 12.5. The van der Waals surface area contributed by atoms with Gasteiger partial charge in [0.05, 0.1) is 10.7 Å². The van der Waals surface area contributed by atoms with Gasteiger partial charge in [-0.2, -0.15) is 5.26 Å². The lowest BCUT2D eigenvalue weighted by Gasteiger charge is -2.36. The number of carbonyl (C=O) groups excluding carboxylic acids is 1. The number of nitriles is 1. The molecular formula is C22H25Cl2N5O. The Hall–Kier alpha value is -2.88. The molecule has 1 aliphatic heterocycles. The van der Waals surface area contributed by atoms with Crippen molar-refractivity contribution in [3.63, 3.8) is 0 Å². The van der Waals surface area contributed by atoms with E-state index in [0.29, 0.717) is 16.4 Å². The fourth-order valence-corrected chi connectivity index (χ4v) is 3.55. The molecule has 1 amide bonds. The Morgan fingerprint density at radius 2 is 1.90 bits per heavy atom. The molecule has 0 aliphatic carbocycles. The average molecular weight is 446 g/mol. The number of hydrogen-bond acceptors (Lipinski definition) is 5. The third kappa shape index (κ3) is 5.38. The molecule has 1 saturated heterocycles. The summed E-state index contributed by atoms with van der Waals surface area (Å²) in [7, 11) is 0. The van der Waals surface area contributed by atoms with Crippen molar-refractivity contribution in [1.82, 2.24) is 4.90 Å². The van der Waals surface area contributed by atoms with Crippen LogP contribution in [-0.4, -0.2) is 37.0 Å². The first-order valence-electron chi connectivity index (χ1n) is 9.42. The van der Waals surface area contributed by atoms with E-state index in [2.05, 4.69) is 42.3 Å². The van der Waals surface area contributed by atoms with Crippen molar-refractivity contribution in [3.05, 3.63) is 64.3 Å². The van der Waals surface area contributed by atoms with Crippen molar-refractivity contribution in [1.29, 1.82) is 5.26 Å². The molecule has 30 heavy (non-hydrogen) atoms. The lowest BCUT2D eigenvalue weighted by Crippen LogP contribution is -2.44. The second kappa shape index (κ2) is 10.2. The molecule has 0 unspecified atom stereocenters. The number of aryl methyl sites for hydroxylation is 1. The highest BCUT2D eigenvalue weighted by atomic mass is 35.5. The van der Waals surface area contributed by atoms with E-state index in [1.54, 1.807) is 24.4 Å². The molecule has 0 aromatic heterocycles. The van der Waals surface area contributed by atoms with Gasteiger partial charge in [0.1, 0.15) is 11.6 Å². The van der Waals surface area contributed by atoms with Crippen LogP contribution in [0.25, 0.3) is 0 Å². The first kappa shape index (κ1) is 23.4. The topological polar surface area (TPSA) is 85.4 Å². The molecule has 1 fully saturated rings. The quantitative estimate of drug-likeness (QED) is 0.419. The zero-order valence-electron chi connectivity index (χ0n) is 17.0. The van der Waals surface area contributed by atoms with Crippen molar-refractivity contribution in [2.75, 3.05) is 42.1 Å². The van der Waals surface area contributed by atoms with Crippen LogP contribution in [0.3, 0.4) is 0 Å². The number of benzene rings is 2. The lowest BCUT2D eigenvalue weighted by molar-refractivity contribution is -0.112. The predicted octanol–water partition coefficient (Wildman–Crippen LogP) is 4.13. The van der Waals surface area contributed by atoms with Gasteiger partial charge >= 0.3 is 0 Å². The summed E-state index contributed by atoms with van der Waals surface area (Å²) in [6.07, 6.45) is 1.63. The zero-order chi connectivity index (χ0) is 21.0. The summed E-state index contributed by atoms with van der Waals surface area (Å²) in [4.78, 5) is 16.8. The van der Waals surface area contributed by atoms with E-state index in [1.807, 2.05) is 11.0 Å². The maximum Gasteiger partial charge on any atom is 0.267 e. The van der Waals surface area contributed by atoms with E-state index >= 15 is 0 Å². The fourth-order valence-electron chi connectivity index (χ4n) is 3.31. The summed E-state index contributed by atoms with van der Waals surface area (Å²) < 4.78 is 0. The Balaban J connectivity index is 0.00000320. The predicted molar refractivity (Wildman–Crippen MR) is 125 cm³/mol. The Labute approximate surface area is 188 Å². The Kier molecular flexibility index (Phi) is 7.99. The van der Waals surface area contributed by atoms with Gasteiger partial charge in [-0.1, -0.05) is 23.7 Å². The van der Waals surface area contributed by atoms with Gasteiger partial charge in [0.2, 0.25) is 0 Å². The summed E-state index contributed by atoms with van der Waals surface area (Å²) in [5, 5.41) is 12.4. The number of nitrogens with zero attached hydrogens (tertiary/aromatic N) is 3. The van der Waals surface area contributed by atoms with E-state index in [4.69, 9.17) is 17.3 Å². The highest BCUT2D eigenvalue weighted by Crippen LogP contribution is 2.25. The van der Waals surface area contributed by atoms with Crippen molar-refractivity contribution >= 4 is 47.0 Å². The molecule has 0 radical (unpaired) electrons. The largest absolute Gasteiger partial charge is 0.399 e. The molecule has 1 aliphatic rings. The summed E-state index contributed by atoms with van der Waals surface area (Å²) in [6, 6.07) is 13.1. The van der Waals surface area contributed by atoms with Crippen LogP contribution in [-0.2, 0) is 4.79 Å². The molecule has 8 heteroatoms. The number of piperazine rings is 1. The average Bonchev–Trinajstić information content (AvgIpc) is 2.71. The number of hydrogen-bond donors (Lipinski definition) is 2. The van der Waals surface area contributed by atoms with Crippen molar-refractivity contribution < 1.29 is 4.79 Å². The molecule has 2 aromatic carbocycles. The van der Waals surface area contributed by atoms with Gasteiger partial charge in [0, 0.05) is 43.8 Å². The summed E-state index contributed by atoms with van der Waals surface area (Å²) in [5.74, 6) is -0.490. The molecule has 0 atom stereocenters. The van der Waals surface area contributed by atoms with Crippen LogP contribution in [0.2, 0.25) is 5.02 Å². The summed E-state index contributed by atoms with van der Waals surface area (Å²) in [6.45, 7) is 7.36. The first-order valence-corrected chi connectivity index (χ1v) is 9.80. The minimum absolute atomic E-state index is 0. The zero-order valence-corrected chi connectivity index (χ0v) is 18.6. The van der Waals surface area contributed by atoms with Crippen LogP contribution >= 0.6 is 24.0 Å². The van der Waals surface area contributed by atoms with E-state index in [0.717, 1.165) is 26.2 Å². The van der Waals surface area contributed by atoms with Gasteiger partial charge in [-0.25, -0.2) is 0 Å². The first-order chi connectivity index (χ1) is 13.9. The Morgan fingerprint density at radius 3 is 2.53 bits per heavy atom. The number of nitrogens with one attached hydrogen (secondary N) is 1. The van der Waals surface area contributed by atoms with Gasteiger partial charge in [-0.05, 0) is 49.2 Å². The van der Waals surface area contributed by atoms with E-state index in [9.17, 15) is 10.1 Å². The molecule has 2 aromatic rings. The second-order valence-electron chi connectivity index (χ2n) is 7.09. The third-order valence-electron chi connectivity index (χ3n) is 5.15. The third-order valence-corrected chi connectivity index (χ3v) is 5.46. The van der Waals surface area contributed by atoms with Gasteiger partial charge in [0.25, 0.3) is 5.91 Å².